The van der Waals surface area contributed by atoms with Crippen molar-refractivity contribution in [3.63, 3.8) is 0 Å². The smallest absolute Gasteiger partial charge is 0.265 e. The summed E-state index contributed by atoms with van der Waals surface area (Å²) in [4.78, 5) is 13.2. The fourth-order valence-corrected chi connectivity index (χ4v) is 4.02. The van der Waals surface area contributed by atoms with Gasteiger partial charge in [-0.15, -0.1) is 11.3 Å². The number of aromatic nitrogens is 2. The number of ether oxygens (including phenoxy) is 1. The number of carbonyl (C=O) groups is 1. The molecule has 2 heterocycles. The second kappa shape index (κ2) is 8.97. The van der Waals surface area contributed by atoms with Gasteiger partial charge >= 0.3 is 0 Å². The van der Waals surface area contributed by atoms with Gasteiger partial charge in [0.1, 0.15) is 12.4 Å². The van der Waals surface area contributed by atoms with E-state index in [4.69, 9.17) is 4.74 Å². The number of benzene rings is 2. The highest BCUT2D eigenvalue weighted by Gasteiger charge is 2.11. The third kappa shape index (κ3) is 5.15. The Morgan fingerprint density at radius 2 is 1.83 bits per heavy atom. The molecule has 5 nitrogen and oxygen atoms in total. The molecule has 152 valence electrons. The molecule has 0 saturated heterocycles. The van der Waals surface area contributed by atoms with Gasteiger partial charge in [0, 0.05) is 11.8 Å². The molecule has 0 aliphatic heterocycles. The maximum atomic E-state index is 12.6. The predicted molar refractivity (Wildman–Crippen MR) is 120 cm³/mol. The van der Waals surface area contributed by atoms with Crippen LogP contribution in [0.15, 0.2) is 72.4 Å². The van der Waals surface area contributed by atoms with Crippen molar-refractivity contribution in [2.75, 3.05) is 5.32 Å². The number of nitrogens with zero attached hydrogens (tertiary/aromatic N) is 2. The van der Waals surface area contributed by atoms with E-state index in [-0.39, 0.29) is 5.91 Å². The molecule has 0 aliphatic rings. The van der Waals surface area contributed by atoms with E-state index in [1.807, 2.05) is 64.8 Å². The number of nitrogens with one attached hydrogen (secondary N) is 1. The summed E-state index contributed by atoms with van der Waals surface area (Å²) in [5.74, 6) is 0.701. The van der Waals surface area contributed by atoms with Crippen LogP contribution in [0.5, 0.6) is 5.75 Å². The predicted octanol–water partition coefficient (Wildman–Crippen LogP) is 5.44. The van der Waals surface area contributed by atoms with E-state index in [0.29, 0.717) is 23.7 Å². The summed E-state index contributed by atoms with van der Waals surface area (Å²) in [6.07, 6.45) is 3.50. The van der Waals surface area contributed by atoms with E-state index in [0.717, 1.165) is 16.9 Å². The molecule has 6 heteroatoms. The van der Waals surface area contributed by atoms with Crippen LogP contribution in [-0.2, 0) is 13.2 Å². The number of anilines is 1. The van der Waals surface area contributed by atoms with Crippen LogP contribution in [0.2, 0.25) is 0 Å². The van der Waals surface area contributed by atoms with Gasteiger partial charge in [0.05, 0.1) is 23.3 Å². The van der Waals surface area contributed by atoms with Crippen molar-refractivity contribution in [2.45, 2.75) is 27.0 Å². The third-order valence-corrected chi connectivity index (χ3v) is 5.53. The van der Waals surface area contributed by atoms with E-state index >= 15 is 0 Å². The average molecular weight is 418 g/mol. The number of hydrogen-bond acceptors (Lipinski definition) is 4. The lowest BCUT2D eigenvalue weighted by molar-refractivity contribution is 0.103. The first-order valence-electron chi connectivity index (χ1n) is 9.71. The molecule has 4 rings (SSSR count). The summed E-state index contributed by atoms with van der Waals surface area (Å²) in [6.45, 7) is 5.20. The summed E-state index contributed by atoms with van der Waals surface area (Å²) in [7, 11) is 0. The van der Waals surface area contributed by atoms with E-state index in [2.05, 4.69) is 30.3 Å². The van der Waals surface area contributed by atoms with Gasteiger partial charge in [0.2, 0.25) is 0 Å². The molecule has 2 aromatic heterocycles. The van der Waals surface area contributed by atoms with Crippen molar-refractivity contribution in [3.8, 4) is 5.75 Å². The number of carbonyl (C=O) groups excluding carboxylic acids is 1. The second-order valence-electron chi connectivity index (χ2n) is 7.30. The van der Waals surface area contributed by atoms with Crippen LogP contribution in [0, 0.1) is 13.8 Å². The fourth-order valence-electron chi connectivity index (χ4n) is 3.23. The molecule has 2 aromatic carbocycles. The summed E-state index contributed by atoms with van der Waals surface area (Å²) >= 11 is 1.41. The van der Waals surface area contributed by atoms with Crippen LogP contribution in [0.1, 0.15) is 31.9 Å². The highest BCUT2D eigenvalue weighted by molar-refractivity contribution is 7.12. The Balaban J connectivity index is 1.34. The fraction of sp³-hybridized carbons (Fsp3) is 0.167. The molecule has 1 amide bonds. The monoisotopic (exact) mass is 417 g/mol. The lowest BCUT2D eigenvalue weighted by atomic mass is 10.1. The Hall–Kier alpha value is -3.38. The minimum Gasteiger partial charge on any atom is -0.489 e. The van der Waals surface area contributed by atoms with Gasteiger partial charge < -0.3 is 10.1 Å². The lowest BCUT2D eigenvalue weighted by Gasteiger charge is -2.07. The topological polar surface area (TPSA) is 56.1 Å². The van der Waals surface area contributed by atoms with Crippen LogP contribution >= 0.6 is 11.3 Å². The Bertz CT molecular complexity index is 1130. The lowest BCUT2D eigenvalue weighted by Crippen LogP contribution is -2.09. The Labute approximate surface area is 179 Å². The zero-order valence-corrected chi connectivity index (χ0v) is 17.8. The van der Waals surface area contributed by atoms with Crippen LogP contribution in [0.3, 0.4) is 0 Å². The van der Waals surface area contributed by atoms with E-state index < -0.39 is 0 Å². The van der Waals surface area contributed by atoms with Crippen molar-refractivity contribution in [1.82, 2.24) is 9.78 Å². The standard InChI is InChI=1S/C24H23N3O2S/c1-17-8-18(2)10-22(9-17)29-15-20-11-23(30-16-20)24(28)26-21-12-25-27(14-21)13-19-6-4-3-5-7-19/h3-12,14,16H,13,15H2,1-2H3,(H,26,28). The van der Waals surface area contributed by atoms with Crippen LogP contribution in [0.4, 0.5) is 5.69 Å². The number of rotatable bonds is 7. The van der Waals surface area contributed by atoms with Gasteiger partial charge in [0.25, 0.3) is 5.91 Å². The van der Waals surface area contributed by atoms with Crippen molar-refractivity contribution in [3.05, 3.63) is 99.5 Å². The van der Waals surface area contributed by atoms with Crippen molar-refractivity contribution in [1.29, 1.82) is 0 Å². The number of thiophene rings is 1. The first-order valence-corrected chi connectivity index (χ1v) is 10.6. The quantitative estimate of drug-likeness (QED) is 0.436. The Morgan fingerprint density at radius 3 is 2.60 bits per heavy atom. The molecular weight excluding hydrogens is 394 g/mol. The molecule has 0 bridgehead atoms. The summed E-state index contributed by atoms with van der Waals surface area (Å²) in [5.41, 5.74) is 5.15. The third-order valence-electron chi connectivity index (χ3n) is 4.56. The zero-order valence-electron chi connectivity index (χ0n) is 17.0. The Kier molecular flexibility index (Phi) is 5.95. The van der Waals surface area contributed by atoms with Gasteiger partial charge in [-0.2, -0.15) is 5.10 Å². The van der Waals surface area contributed by atoms with Gasteiger partial charge in [-0.1, -0.05) is 36.4 Å². The largest absolute Gasteiger partial charge is 0.489 e. The molecular formula is C24H23N3O2S. The van der Waals surface area contributed by atoms with Gasteiger partial charge in [-0.3, -0.25) is 9.48 Å². The average Bonchev–Trinajstić information content (AvgIpc) is 3.36. The van der Waals surface area contributed by atoms with Crippen LogP contribution in [0.25, 0.3) is 0 Å². The van der Waals surface area contributed by atoms with E-state index in [1.54, 1.807) is 6.20 Å². The highest BCUT2D eigenvalue weighted by atomic mass is 32.1. The molecule has 0 saturated carbocycles. The number of hydrogen-bond donors (Lipinski definition) is 1. The molecule has 0 atom stereocenters. The molecule has 1 N–H and O–H groups in total. The molecule has 30 heavy (non-hydrogen) atoms. The summed E-state index contributed by atoms with van der Waals surface area (Å²) < 4.78 is 7.69. The SMILES string of the molecule is Cc1cc(C)cc(OCc2csc(C(=O)Nc3cnn(Cc4ccccc4)c3)c2)c1. The van der Waals surface area contributed by atoms with E-state index in [9.17, 15) is 4.79 Å². The van der Waals surface area contributed by atoms with Crippen molar-refractivity contribution < 1.29 is 9.53 Å². The summed E-state index contributed by atoms with van der Waals surface area (Å²) in [6, 6.07) is 18.1. The van der Waals surface area contributed by atoms with Crippen molar-refractivity contribution >= 4 is 22.9 Å². The normalized spacial score (nSPS) is 10.7. The minimum atomic E-state index is -0.142. The molecule has 4 aromatic rings. The number of aryl methyl sites for hydroxylation is 2. The zero-order chi connectivity index (χ0) is 20.9. The van der Waals surface area contributed by atoms with Crippen LogP contribution < -0.4 is 10.1 Å². The Morgan fingerprint density at radius 1 is 1.07 bits per heavy atom. The maximum Gasteiger partial charge on any atom is 0.265 e. The maximum absolute atomic E-state index is 12.6. The molecule has 0 fully saturated rings. The number of amides is 1. The van der Waals surface area contributed by atoms with Gasteiger partial charge in [0.15, 0.2) is 0 Å². The van der Waals surface area contributed by atoms with Gasteiger partial charge in [-0.05, 0) is 54.1 Å². The minimum absolute atomic E-state index is 0.142. The van der Waals surface area contributed by atoms with Crippen molar-refractivity contribution in [2.24, 2.45) is 0 Å². The second-order valence-corrected chi connectivity index (χ2v) is 8.21. The summed E-state index contributed by atoms with van der Waals surface area (Å²) in [5, 5.41) is 9.19. The molecule has 0 radical (unpaired) electrons. The molecule has 0 spiro atoms. The molecule has 0 aliphatic carbocycles. The van der Waals surface area contributed by atoms with E-state index in [1.165, 1.54) is 22.5 Å². The molecule has 0 unspecified atom stereocenters. The van der Waals surface area contributed by atoms with Gasteiger partial charge in [-0.25, -0.2) is 0 Å². The van der Waals surface area contributed by atoms with Crippen LogP contribution in [-0.4, -0.2) is 15.7 Å². The first-order chi connectivity index (χ1) is 14.5. The first kappa shape index (κ1) is 19.9. The highest BCUT2D eigenvalue weighted by Crippen LogP contribution is 2.21.